The SMILES string of the molecule is C=CCN(CCO)CC(=O)N(CC)C1CCS(=O)(=O)C1. The summed E-state index contributed by atoms with van der Waals surface area (Å²) >= 11 is 0. The molecule has 0 aromatic rings. The molecule has 1 heterocycles. The van der Waals surface area contributed by atoms with E-state index in [0.29, 0.717) is 26.1 Å². The summed E-state index contributed by atoms with van der Waals surface area (Å²) in [5.41, 5.74) is 0. The number of aliphatic hydroxyl groups is 1. The molecule has 0 radical (unpaired) electrons. The summed E-state index contributed by atoms with van der Waals surface area (Å²) in [6.45, 7) is 7.05. The molecule has 1 amide bonds. The minimum Gasteiger partial charge on any atom is -0.395 e. The highest BCUT2D eigenvalue weighted by atomic mass is 32.2. The van der Waals surface area contributed by atoms with E-state index >= 15 is 0 Å². The van der Waals surface area contributed by atoms with E-state index in [1.807, 2.05) is 6.92 Å². The highest BCUT2D eigenvalue weighted by molar-refractivity contribution is 7.91. The lowest BCUT2D eigenvalue weighted by Crippen LogP contribution is -2.46. The third kappa shape index (κ3) is 4.88. The van der Waals surface area contributed by atoms with E-state index in [1.165, 1.54) is 0 Å². The first kappa shape index (κ1) is 17.1. The molecule has 20 heavy (non-hydrogen) atoms. The molecule has 7 heteroatoms. The summed E-state index contributed by atoms with van der Waals surface area (Å²) in [6.07, 6.45) is 2.20. The highest BCUT2D eigenvalue weighted by Gasteiger charge is 2.34. The molecule has 116 valence electrons. The minimum atomic E-state index is -3.00. The van der Waals surface area contributed by atoms with E-state index in [2.05, 4.69) is 6.58 Å². The maximum absolute atomic E-state index is 12.3. The molecule has 1 aliphatic heterocycles. The predicted octanol–water partition coefficient (Wildman–Crippen LogP) is -0.498. The molecule has 1 atom stereocenters. The summed E-state index contributed by atoms with van der Waals surface area (Å²) < 4.78 is 23.0. The van der Waals surface area contributed by atoms with Crippen molar-refractivity contribution < 1.29 is 18.3 Å². The molecule has 1 N–H and O–H groups in total. The molecule has 0 aromatic heterocycles. The zero-order valence-electron chi connectivity index (χ0n) is 12.0. The van der Waals surface area contributed by atoms with Gasteiger partial charge in [0.15, 0.2) is 9.84 Å². The summed E-state index contributed by atoms with van der Waals surface area (Å²) in [5, 5.41) is 8.97. The molecule has 0 bridgehead atoms. The van der Waals surface area contributed by atoms with Crippen molar-refractivity contribution in [3.63, 3.8) is 0 Å². The number of likely N-dealkylation sites (N-methyl/N-ethyl adjacent to an activating group) is 1. The monoisotopic (exact) mass is 304 g/mol. The Kier molecular flexibility index (Phi) is 6.64. The Morgan fingerprint density at radius 2 is 2.20 bits per heavy atom. The van der Waals surface area contributed by atoms with Crippen LogP contribution in [0.1, 0.15) is 13.3 Å². The van der Waals surface area contributed by atoms with Crippen LogP contribution in [0.3, 0.4) is 0 Å². The largest absolute Gasteiger partial charge is 0.395 e. The van der Waals surface area contributed by atoms with Crippen LogP contribution in [0, 0.1) is 0 Å². The van der Waals surface area contributed by atoms with Gasteiger partial charge in [-0.25, -0.2) is 8.42 Å². The molecule has 6 nitrogen and oxygen atoms in total. The number of sulfone groups is 1. The minimum absolute atomic E-state index is 0.0228. The van der Waals surface area contributed by atoms with Crippen LogP contribution >= 0.6 is 0 Å². The second kappa shape index (κ2) is 7.75. The third-order valence-electron chi connectivity index (χ3n) is 3.47. The Labute approximate surface area is 121 Å². The van der Waals surface area contributed by atoms with Crippen LogP contribution in [-0.2, 0) is 14.6 Å². The fourth-order valence-electron chi connectivity index (χ4n) is 2.50. The van der Waals surface area contributed by atoms with Crippen molar-refractivity contribution in [1.82, 2.24) is 9.80 Å². The van der Waals surface area contributed by atoms with Crippen LogP contribution in [0.15, 0.2) is 12.7 Å². The molecule has 0 saturated carbocycles. The zero-order valence-corrected chi connectivity index (χ0v) is 12.8. The van der Waals surface area contributed by atoms with Gasteiger partial charge in [-0.05, 0) is 13.3 Å². The molecule has 0 aromatic carbocycles. The first-order chi connectivity index (χ1) is 9.43. The Balaban J connectivity index is 2.64. The summed E-state index contributed by atoms with van der Waals surface area (Å²) in [7, 11) is -3.00. The van der Waals surface area contributed by atoms with Crippen molar-refractivity contribution in [3.8, 4) is 0 Å². The van der Waals surface area contributed by atoms with Crippen molar-refractivity contribution in [3.05, 3.63) is 12.7 Å². The predicted molar refractivity (Wildman–Crippen MR) is 78.2 cm³/mol. The molecular weight excluding hydrogens is 280 g/mol. The average Bonchev–Trinajstić information content (AvgIpc) is 2.71. The van der Waals surface area contributed by atoms with E-state index in [-0.39, 0.29) is 36.6 Å². The maximum atomic E-state index is 12.3. The van der Waals surface area contributed by atoms with Gasteiger partial charge in [0.25, 0.3) is 0 Å². The number of aliphatic hydroxyl groups excluding tert-OH is 1. The van der Waals surface area contributed by atoms with Crippen LogP contribution < -0.4 is 0 Å². The van der Waals surface area contributed by atoms with Crippen LogP contribution in [0.2, 0.25) is 0 Å². The molecule has 0 aliphatic carbocycles. The number of carbonyl (C=O) groups excluding carboxylic acids is 1. The van der Waals surface area contributed by atoms with Gasteiger partial charge in [0.2, 0.25) is 5.91 Å². The molecule has 0 spiro atoms. The van der Waals surface area contributed by atoms with E-state index in [0.717, 1.165) is 0 Å². The Morgan fingerprint density at radius 3 is 2.65 bits per heavy atom. The second-order valence-electron chi connectivity index (χ2n) is 4.98. The molecule has 1 saturated heterocycles. The van der Waals surface area contributed by atoms with Crippen molar-refractivity contribution in [2.45, 2.75) is 19.4 Å². The van der Waals surface area contributed by atoms with Gasteiger partial charge in [0.1, 0.15) is 0 Å². The van der Waals surface area contributed by atoms with Crippen LogP contribution in [0.5, 0.6) is 0 Å². The van der Waals surface area contributed by atoms with E-state index < -0.39 is 9.84 Å². The average molecular weight is 304 g/mol. The summed E-state index contributed by atoms with van der Waals surface area (Å²) in [5.74, 6) is 0.132. The normalized spacial score (nSPS) is 21.1. The number of hydrogen-bond donors (Lipinski definition) is 1. The standard InChI is InChI=1S/C13H24N2O4S/c1-3-6-14(7-8-16)10-13(17)15(4-2)12-5-9-20(18,19)11-12/h3,12,16H,1,4-11H2,2H3. The smallest absolute Gasteiger partial charge is 0.237 e. The number of carbonyl (C=O) groups is 1. The van der Waals surface area contributed by atoms with Gasteiger partial charge < -0.3 is 10.0 Å². The lowest BCUT2D eigenvalue weighted by Gasteiger charge is -2.29. The van der Waals surface area contributed by atoms with E-state index in [1.54, 1.807) is 15.9 Å². The Hall–Kier alpha value is -0.920. The van der Waals surface area contributed by atoms with Gasteiger partial charge in [-0.3, -0.25) is 9.69 Å². The van der Waals surface area contributed by atoms with Crippen molar-refractivity contribution in [2.24, 2.45) is 0 Å². The second-order valence-corrected chi connectivity index (χ2v) is 7.21. The molecule has 1 unspecified atom stereocenters. The van der Waals surface area contributed by atoms with E-state index in [4.69, 9.17) is 5.11 Å². The van der Waals surface area contributed by atoms with Crippen molar-refractivity contribution in [2.75, 3.05) is 44.3 Å². The quantitative estimate of drug-likeness (QED) is 0.612. The lowest BCUT2D eigenvalue weighted by atomic mass is 10.2. The molecule has 1 rings (SSSR count). The van der Waals surface area contributed by atoms with Gasteiger partial charge in [-0.1, -0.05) is 6.08 Å². The van der Waals surface area contributed by atoms with E-state index in [9.17, 15) is 13.2 Å². The fraction of sp³-hybridized carbons (Fsp3) is 0.769. The van der Waals surface area contributed by atoms with Crippen LogP contribution in [0.4, 0.5) is 0 Å². The molecule has 1 fully saturated rings. The van der Waals surface area contributed by atoms with Gasteiger partial charge in [0, 0.05) is 25.7 Å². The van der Waals surface area contributed by atoms with Crippen LogP contribution in [-0.4, -0.2) is 79.6 Å². The highest BCUT2D eigenvalue weighted by Crippen LogP contribution is 2.18. The first-order valence-corrected chi connectivity index (χ1v) is 8.69. The zero-order chi connectivity index (χ0) is 15.2. The number of hydrogen-bond acceptors (Lipinski definition) is 5. The Morgan fingerprint density at radius 1 is 1.50 bits per heavy atom. The number of amides is 1. The topological polar surface area (TPSA) is 77.9 Å². The Bertz CT molecular complexity index is 436. The van der Waals surface area contributed by atoms with Crippen molar-refractivity contribution >= 4 is 15.7 Å². The van der Waals surface area contributed by atoms with Gasteiger partial charge in [-0.15, -0.1) is 6.58 Å². The molecular formula is C13H24N2O4S. The van der Waals surface area contributed by atoms with Crippen LogP contribution in [0.25, 0.3) is 0 Å². The van der Waals surface area contributed by atoms with Gasteiger partial charge >= 0.3 is 0 Å². The summed E-state index contributed by atoms with van der Waals surface area (Å²) in [4.78, 5) is 15.7. The number of rotatable bonds is 8. The maximum Gasteiger partial charge on any atom is 0.237 e. The summed E-state index contributed by atoms with van der Waals surface area (Å²) in [6, 6.07) is -0.211. The van der Waals surface area contributed by atoms with Gasteiger partial charge in [-0.2, -0.15) is 0 Å². The number of nitrogens with zero attached hydrogens (tertiary/aromatic N) is 2. The van der Waals surface area contributed by atoms with Gasteiger partial charge in [0.05, 0.1) is 24.7 Å². The lowest BCUT2D eigenvalue weighted by molar-refractivity contribution is -0.134. The first-order valence-electron chi connectivity index (χ1n) is 6.87. The third-order valence-corrected chi connectivity index (χ3v) is 5.22. The molecule has 1 aliphatic rings. The van der Waals surface area contributed by atoms with Crippen molar-refractivity contribution in [1.29, 1.82) is 0 Å². The fourth-order valence-corrected chi connectivity index (χ4v) is 4.23.